The highest BCUT2D eigenvalue weighted by molar-refractivity contribution is 5.87. The molecule has 0 amide bonds. The Morgan fingerprint density at radius 2 is 1.84 bits per heavy atom. The van der Waals surface area contributed by atoms with Crippen molar-refractivity contribution in [3.05, 3.63) is 54.1 Å². The van der Waals surface area contributed by atoms with E-state index in [9.17, 15) is 18.0 Å². The zero-order chi connectivity index (χ0) is 23.4. The Morgan fingerprint density at radius 1 is 1.19 bits per heavy atom. The number of methoxy groups -OCH3 is 1. The predicted molar refractivity (Wildman–Crippen MR) is 120 cm³/mol. The first-order valence-corrected chi connectivity index (χ1v) is 11.1. The first-order valence-electron chi connectivity index (χ1n) is 11.1. The first kappa shape index (κ1) is 24.5. The number of hydrogen-bond acceptors (Lipinski definition) is 4. The Balaban J connectivity index is 1.56. The molecular formula is C25H33F3N2O2. The van der Waals surface area contributed by atoms with Crippen LogP contribution in [0.2, 0.25) is 0 Å². The van der Waals surface area contributed by atoms with Gasteiger partial charge in [0.05, 0.1) is 12.5 Å². The number of benzene rings is 1. The van der Waals surface area contributed by atoms with Gasteiger partial charge in [0.15, 0.2) is 0 Å². The second-order valence-corrected chi connectivity index (χ2v) is 9.51. The standard InChI is InChI=1S/C25H33F3N2O2/c1-23(2,25(26,27)28)18-30-15-11-19(12-16-30)17-29-24(22(31)32-3)13-9-21(10-14-24)20-7-5-4-6-8-20/h4-10,13,19,29H,11-12,14-18H2,1-3H3. The minimum Gasteiger partial charge on any atom is -0.467 e. The van der Waals surface area contributed by atoms with Gasteiger partial charge in [0.2, 0.25) is 0 Å². The largest absolute Gasteiger partial charge is 0.467 e. The highest BCUT2D eigenvalue weighted by Crippen LogP contribution is 2.38. The molecule has 1 saturated heterocycles. The fraction of sp³-hybridized carbons (Fsp3) is 0.560. The first-order chi connectivity index (χ1) is 15.1. The number of carbonyl (C=O) groups is 1. The van der Waals surface area contributed by atoms with E-state index in [1.54, 1.807) is 0 Å². The number of alkyl halides is 3. The Hall–Kier alpha value is -2.12. The maximum atomic E-state index is 13.2. The molecule has 1 unspecified atom stereocenters. The minimum absolute atomic E-state index is 0.0124. The Kier molecular flexibility index (Phi) is 7.50. The van der Waals surface area contributed by atoms with Gasteiger partial charge in [0.1, 0.15) is 5.54 Å². The number of ether oxygens (including phenoxy) is 1. The normalized spacial score (nSPS) is 23.1. The van der Waals surface area contributed by atoms with E-state index in [-0.39, 0.29) is 12.5 Å². The van der Waals surface area contributed by atoms with Crippen molar-refractivity contribution in [2.75, 3.05) is 33.3 Å². The molecule has 1 N–H and O–H groups in total. The summed E-state index contributed by atoms with van der Waals surface area (Å²) in [6.45, 7) is 4.40. The summed E-state index contributed by atoms with van der Waals surface area (Å²) in [5, 5.41) is 3.41. The number of rotatable bonds is 7. The lowest BCUT2D eigenvalue weighted by Gasteiger charge is -2.39. The van der Waals surface area contributed by atoms with Gasteiger partial charge in [-0.15, -0.1) is 0 Å². The second kappa shape index (κ2) is 9.79. The van der Waals surface area contributed by atoms with Gasteiger partial charge in [0, 0.05) is 6.54 Å². The van der Waals surface area contributed by atoms with Gasteiger partial charge in [-0.1, -0.05) is 48.6 Å². The quantitative estimate of drug-likeness (QED) is 0.604. The molecule has 1 aromatic rings. The van der Waals surface area contributed by atoms with Crippen LogP contribution < -0.4 is 5.32 Å². The maximum absolute atomic E-state index is 13.2. The molecule has 1 aliphatic carbocycles. The van der Waals surface area contributed by atoms with Gasteiger partial charge < -0.3 is 9.64 Å². The van der Waals surface area contributed by atoms with Crippen LogP contribution in [0.25, 0.3) is 5.57 Å². The summed E-state index contributed by atoms with van der Waals surface area (Å²) in [6, 6.07) is 9.98. The fourth-order valence-corrected chi connectivity index (χ4v) is 4.34. The number of hydrogen-bond donors (Lipinski definition) is 1. The molecule has 7 heteroatoms. The number of likely N-dealkylation sites (tertiary alicyclic amines) is 1. The molecule has 0 spiro atoms. The minimum atomic E-state index is -4.21. The van der Waals surface area contributed by atoms with E-state index in [0.717, 1.165) is 24.0 Å². The fourth-order valence-electron chi connectivity index (χ4n) is 4.34. The van der Waals surface area contributed by atoms with Crippen LogP contribution >= 0.6 is 0 Å². The number of nitrogens with one attached hydrogen (secondary N) is 1. The molecule has 0 radical (unpaired) electrons. The van der Waals surface area contributed by atoms with E-state index in [1.807, 2.05) is 53.5 Å². The third-order valence-corrected chi connectivity index (χ3v) is 6.65. The van der Waals surface area contributed by atoms with Gasteiger partial charge >= 0.3 is 12.1 Å². The molecule has 1 heterocycles. The lowest BCUT2D eigenvalue weighted by atomic mass is 9.85. The van der Waals surface area contributed by atoms with Gasteiger partial charge in [-0.3, -0.25) is 5.32 Å². The molecule has 1 aromatic carbocycles. The second-order valence-electron chi connectivity index (χ2n) is 9.51. The van der Waals surface area contributed by atoms with Gasteiger partial charge in [-0.2, -0.15) is 13.2 Å². The molecule has 176 valence electrons. The molecule has 1 aliphatic heterocycles. The van der Waals surface area contributed by atoms with E-state index < -0.39 is 17.1 Å². The zero-order valence-electron chi connectivity index (χ0n) is 19.0. The lowest BCUT2D eigenvalue weighted by molar-refractivity contribution is -0.217. The topological polar surface area (TPSA) is 41.6 Å². The summed E-state index contributed by atoms with van der Waals surface area (Å²) >= 11 is 0. The number of esters is 1. The van der Waals surface area contributed by atoms with Crippen molar-refractivity contribution in [3.8, 4) is 0 Å². The summed E-state index contributed by atoms with van der Waals surface area (Å²) in [5.74, 6) is -0.0313. The molecule has 32 heavy (non-hydrogen) atoms. The van der Waals surface area contributed by atoms with Crippen LogP contribution in [0.5, 0.6) is 0 Å². The third kappa shape index (κ3) is 5.62. The Labute approximate surface area is 188 Å². The van der Waals surface area contributed by atoms with Gasteiger partial charge in [-0.05, 0) is 69.8 Å². The summed E-state index contributed by atoms with van der Waals surface area (Å²) in [7, 11) is 1.39. The zero-order valence-corrected chi connectivity index (χ0v) is 19.0. The van der Waals surface area contributed by atoms with Crippen molar-refractivity contribution >= 4 is 11.5 Å². The van der Waals surface area contributed by atoms with E-state index in [4.69, 9.17) is 4.74 Å². The van der Waals surface area contributed by atoms with Gasteiger partial charge in [-0.25, -0.2) is 4.79 Å². The molecule has 1 atom stereocenters. The van der Waals surface area contributed by atoms with Crippen LogP contribution in [-0.4, -0.2) is 55.9 Å². The highest BCUT2D eigenvalue weighted by Gasteiger charge is 2.48. The number of allylic oxidation sites excluding steroid dienone is 2. The van der Waals surface area contributed by atoms with Crippen molar-refractivity contribution < 1.29 is 22.7 Å². The summed E-state index contributed by atoms with van der Waals surface area (Å²) in [4.78, 5) is 14.5. The average molecular weight is 451 g/mol. The van der Waals surface area contributed by atoms with Crippen LogP contribution in [0.15, 0.2) is 48.6 Å². The van der Waals surface area contributed by atoms with Crippen molar-refractivity contribution in [2.45, 2.75) is 44.8 Å². The average Bonchev–Trinajstić information content (AvgIpc) is 2.78. The van der Waals surface area contributed by atoms with Crippen molar-refractivity contribution in [2.24, 2.45) is 11.3 Å². The molecule has 0 bridgehead atoms. The SMILES string of the molecule is COC(=O)C1(NCC2CCN(CC(C)(C)C(F)(F)F)CC2)C=CC(c2ccccc2)=CC1. The van der Waals surface area contributed by atoms with Crippen LogP contribution in [0.1, 0.15) is 38.7 Å². The number of nitrogens with zero attached hydrogens (tertiary/aromatic N) is 1. The van der Waals surface area contributed by atoms with E-state index in [2.05, 4.69) is 5.32 Å². The van der Waals surface area contributed by atoms with Crippen molar-refractivity contribution in [3.63, 3.8) is 0 Å². The number of halogens is 3. The van der Waals surface area contributed by atoms with E-state index >= 15 is 0 Å². The smallest absolute Gasteiger partial charge is 0.395 e. The van der Waals surface area contributed by atoms with Crippen LogP contribution in [0.3, 0.4) is 0 Å². The molecule has 2 aliphatic rings. The molecule has 0 aromatic heterocycles. The number of carbonyl (C=O) groups excluding carboxylic acids is 1. The van der Waals surface area contributed by atoms with Crippen LogP contribution in [0, 0.1) is 11.3 Å². The third-order valence-electron chi connectivity index (χ3n) is 6.65. The summed E-state index contributed by atoms with van der Waals surface area (Å²) < 4.78 is 44.6. The van der Waals surface area contributed by atoms with Gasteiger partial charge in [0.25, 0.3) is 0 Å². The highest BCUT2D eigenvalue weighted by atomic mass is 19.4. The molecule has 3 rings (SSSR count). The Morgan fingerprint density at radius 3 is 2.38 bits per heavy atom. The Bertz CT molecular complexity index is 840. The molecule has 4 nitrogen and oxygen atoms in total. The van der Waals surface area contributed by atoms with E-state index in [1.165, 1.54) is 21.0 Å². The van der Waals surface area contributed by atoms with Crippen molar-refractivity contribution in [1.82, 2.24) is 10.2 Å². The molecule has 0 saturated carbocycles. The predicted octanol–water partition coefficient (Wildman–Crippen LogP) is 4.83. The number of piperidine rings is 1. The van der Waals surface area contributed by atoms with E-state index in [0.29, 0.717) is 32.0 Å². The molecule has 1 fully saturated rings. The van der Waals surface area contributed by atoms with Crippen LogP contribution in [-0.2, 0) is 9.53 Å². The van der Waals surface area contributed by atoms with Crippen LogP contribution in [0.4, 0.5) is 13.2 Å². The monoisotopic (exact) mass is 450 g/mol. The molecular weight excluding hydrogens is 417 g/mol. The van der Waals surface area contributed by atoms with Crippen molar-refractivity contribution in [1.29, 1.82) is 0 Å². The lowest BCUT2D eigenvalue weighted by Crippen LogP contribution is -2.54. The summed E-state index contributed by atoms with van der Waals surface area (Å²) in [6.07, 6.45) is 3.74. The maximum Gasteiger partial charge on any atom is 0.395 e. The summed E-state index contributed by atoms with van der Waals surface area (Å²) in [5.41, 5.74) is -0.477.